The van der Waals surface area contributed by atoms with Crippen molar-refractivity contribution in [3.63, 3.8) is 0 Å². The van der Waals surface area contributed by atoms with E-state index in [2.05, 4.69) is 22.4 Å². The lowest BCUT2D eigenvalue weighted by Gasteiger charge is -2.00. The number of nitrogens with one attached hydrogen (secondary N) is 1. The molecule has 0 fully saturated rings. The number of thiazole rings is 1. The standard InChI is InChI=1S/C14H19N3O2S/c1-8(2)12-7-11(17-19-12)14(18)15-6-5-13-16-9(3)10(4)20-13/h7-8H,5-6H2,1-4H3,(H,15,18). The van der Waals surface area contributed by atoms with Crippen LogP contribution in [0.5, 0.6) is 0 Å². The second kappa shape index (κ2) is 6.17. The van der Waals surface area contributed by atoms with Crippen molar-refractivity contribution in [2.75, 3.05) is 6.54 Å². The minimum absolute atomic E-state index is 0.203. The Labute approximate surface area is 122 Å². The van der Waals surface area contributed by atoms with Crippen LogP contribution >= 0.6 is 11.3 Å². The van der Waals surface area contributed by atoms with E-state index < -0.39 is 0 Å². The zero-order valence-electron chi connectivity index (χ0n) is 12.2. The van der Waals surface area contributed by atoms with E-state index in [4.69, 9.17) is 4.52 Å². The second-order valence-electron chi connectivity index (χ2n) is 5.02. The number of nitrogens with zero attached hydrogens (tertiary/aromatic N) is 2. The molecule has 0 unspecified atom stereocenters. The Hall–Kier alpha value is -1.69. The molecule has 1 amide bonds. The molecular formula is C14H19N3O2S. The van der Waals surface area contributed by atoms with E-state index in [0.29, 0.717) is 12.2 Å². The fraction of sp³-hybridized carbons (Fsp3) is 0.500. The van der Waals surface area contributed by atoms with Crippen molar-refractivity contribution in [1.82, 2.24) is 15.5 Å². The van der Waals surface area contributed by atoms with Gasteiger partial charge in [-0.1, -0.05) is 19.0 Å². The molecule has 2 aromatic heterocycles. The lowest BCUT2D eigenvalue weighted by molar-refractivity contribution is 0.0945. The molecule has 2 aromatic rings. The third-order valence-corrected chi connectivity index (χ3v) is 4.16. The molecule has 0 saturated carbocycles. The number of rotatable bonds is 5. The van der Waals surface area contributed by atoms with Gasteiger partial charge in [-0.2, -0.15) is 0 Å². The van der Waals surface area contributed by atoms with E-state index in [-0.39, 0.29) is 11.8 Å². The summed E-state index contributed by atoms with van der Waals surface area (Å²) in [7, 11) is 0. The van der Waals surface area contributed by atoms with Crippen LogP contribution in [0.1, 0.15) is 51.6 Å². The van der Waals surface area contributed by atoms with Crippen LogP contribution in [-0.4, -0.2) is 22.6 Å². The summed E-state index contributed by atoms with van der Waals surface area (Å²) < 4.78 is 5.11. The maximum Gasteiger partial charge on any atom is 0.273 e. The molecule has 0 radical (unpaired) electrons. The molecule has 2 rings (SSSR count). The smallest absolute Gasteiger partial charge is 0.273 e. The topological polar surface area (TPSA) is 68.0 Å². The van der Waals surface area contributed by atoms with Gasteiger partial charge in [-0.15, -0.1) is 11.3 Å². The largest absolute Gasteiger partial charge is 0.360 e. The first-order chi connectivity index (χ1) is 9.47. The van der Waals surface area contributed by atoms with E-state index in [1.54, 1.807) is 17.4 Å². The van der Waals surface area contributed by atoms with E-state index in [9.17, 15) is 4.79 Å². The lowest BCUT2D eigenvalue weighted by atomic mass is 10.1. The van der Waals surface area contributed by atoms with Gasteiger partial charge >= 0.3 is 0 Å². The Bertz CT molecular complexity index is 582. The summed E-state index contributed by atoms with van der Waals surface area (Å²) in [4.78, 5) is 17.6. The first-order valence-corrected chi connectivity index (χ1v) is 7.46. The van der Waals surface area contributed by atoms with Gasteiger partial charge in [0.1, 0.15) is 5.76 Å². The molecule has 0 bridgehead atoms. The molecule has 0 aliphatic heterocycles. The van der Waals surface area contributed by atoms with Crippen molar-refractivity contribution in [1.29, 1.82) is 0 Å². The summed E-state index contributed by atoms with van der Waals surface area (Å²) in [6, 6.07) is 1.69. The van der Waals surface area contributed by atoms with Gasteiger partial charge in [0, 0.05) is 29.8 Å². The first-order valence-electron chi connectivity index (χ1n) is 6.65. The summed E-state index contributed by atoms with van der Waals surface area (Å²) in [5.41, 5.74) is 1.40. The van der Waals surface area contributed by atoms with Gasteiger partial charge in [0.2, 0.25) is 0 Å². The molecule has 1 N–H and O–H groups in total. The van der Waals surface area contributed by atoms with Crippen LogP contribution in [0.3, 0.4) is 0 Å². The van der Waals surface area contributed by atoms with Gasteiger partial charge in [-0.25, -0.2) is 4.98 Å². The Balaban J connectivity index is 1.85. The van der Waals surface area contributed by atoms with Crippen LogP contribution in [0.4, 0.5) is 0 Å². The van der Waals surface area contributed by atoms with Crippen LogP contribution in [0.2, 0.25) is 0 Å². The SMILES string of the molecule is Cc1nc(CCNC(=O)c2cc(C(C)C)on2)sc1C. The quantitative estimate of drug-likeness (QED) is 0.920. The van der Waals surface area contributed by atoms with Gasteiger partial charge in [0.25, 0.3) is 5.91 Å². The number of aryl methyl sites for hydroxylation is 2. The minimum Gasteiger partial charge on any atom is -0.360 e. The van der Waals surface area contributed by atoms with Crippen LogP contribution < -0.4 is 5.32 Å². The number of hydrogen-bond donors (Lipinski definition) is 1. The molecular weight excluding hydrogens is 274 g/mol. The third-order valence-electron chi connectivity index (χ3n) is 3.03. The number of amides is 1. The Kier molecular flexibility index (Phi) is 4.54. The van der Waals surface area contributed by atoms with Crippen molar-refractivity contribution in [3.8, 4) is 0 Å². The number of aromatic nitrogens is 2. The van der Waals surface area contributed by atoms with Crippen LogP contribution in [0.25, 0.3) is 0 Å². The summed E-state index contributed by atoms with van der Waals surface area (Å²) in [5, 5.41) is 7.66. The molecule has 0 atom stereocenters. The molecule has 108 valence electrons. The summed E-state index contributed by atoms with van der Waals surface area (Å²) in [6.07, 6.45) is 0.736. The van der Waals surface area contributed by atoms with Crippen LogP contribution in [0, 0.1) is 13.8 Å². The first kappa shape index (κ1) is 14.7. The maximum atomic E-state index is 11.9. The summed E-state index contributed by atoms with van der Waals surface area (Å²) in [6.45, 7) is 8.59. The van der Waals surface area contributed by atoms with Gasteiger partial charge < -0.3 is 9.84 Å². The summed E-state index contributed by atoms with van der Waals surface area (Å²) in [5.74, 6) is 0.747. The molecule has 20 heavy (non-hydrogen) atoms. The molecule has 0 aliphatic carbocycles. The van der Waals surface area contributed by atoms with Crippen LogP contribution in [0.15, 0.2) is 10.6 Å². The van der Waals surface area contributed by atoms with E-state index in [1.807, 2.05) is 20.8 Å². The van der Waals surface area contributed by atoms with Gasteiger partial charge in [0.05, 0.1) is 10.7 Å². The predicted molar refractivity (Wildman–Crippen MR) is 78.2 cm³/mol. The Morgan fingerprint density at radius 1 is 1.45 bits per heavy atom. The predicted octanol–water partition coefficient (Wildman–Crippen LogP) is 2.84. The fourth-order valence-electron chi connectivity index (χ4n) is 1.69. The van der Waals surface area contributed by atoms with Gasteiger partial charge in [-0.3, -0.25) is 4.79 Å². The molecule has 0 aliphatic rings. The molecule has 6 heteroatoms. The van der Waals surface area contributed by atoms with Crippen molar-refractivity contribution in [2.24, 2.45) is 0 Å². The highest BCUT2D eigenvalue weighted by molar-refractivity contribution is 7.11. The van der Waals surface area contributed by atoms with Crippen molar-refractivity contribution in [3.05, 3.63) is 33.1 Å². The molecule has 0 spiro atoms. The van der Waals surface area contributed by atoms with E-state index >= 15 is 0 Å². The number of hydrogen-bond acceptors (Lipinski definition) is 5. The van der Waals surface area contributed by atoms with Gasteiger partial charge in [0.15, 0.2) is 5.69 Å². The number of carbonyl (C=O) groups excluding carboxylic acids is 1. The maximum absolute atomic E-state index is 11.9. The van der Waals surface area contributed by atoms with Crippen molar-refractivity contribution >= 4 is 17.2 Å². The van der Waals surface area contributed by atoms with E-state index in [1.165, 1.54) is 4.88 Å². The second-order valence-corrected chi connectivity index (χ2v) is 6.31. The normalized spacial score (nSPS) is 11.1. The molecule has 2 heterocycles. The summed E-state index contributed by atoms with van der Waals surface area (Å²) >= 11 is 1.67. The Morgan fingerprint density at radius 2 is 2.20 bits per heavy atom. The van der Waals surface area contributed by atoms with E-state index in [0.717, 1.165) is 22.9 Å². The number of carbonyl (C=O) groups is 1. The molecule has 0 saturated heterocycles. The fourth-order valence-corrected chi connectivity index (χ4v) is 2.62. The van der Waals surface area contributed by atoms with Crippen LogP contribution in [-0.2, 0) is 6.42 Å². The average Bonchev–Trinajstić information content (AvgIpc) is 2.97. The third kappa shape index (κ3) is 3.45. The lowest BCUT2D eigenvalue weighted by Crippen LogP contribution is -2.25. The zero-order valence-corrected chi connectivity index (χ0v) is 13.0. The van der Waals surface area contributed by atoms with Gasteiger partial charge in [-0.05, 0) is 13.8 Å². The molecule has 0 aromatic carbocycles. The highest BCUT2D eigenvalue weighted by atomic mass is 32.1. The van der Waals surface area contributed by atoms with Crippen molar-refractivity contribution < 1.29 is 9.32 Å². The highest BCUT2D eigenvalue weighted by Crippen LogP contribution is 2.17. The highest BCUT2D eigenvalue weighted by Gasteiger charge is 2.14. The monoisotopic (exact) mass is 293 g/mol. The zero-order chi connectivity index (χ0) is 14.7. The minimum atomic E-state index is -0.203. The molecule has 5 nitrogen and oxygen atoms in total. The Morgan fingerprint density at radius 3 is 2.75 bits per heavy atom. The average molecular weight is 293 g/mol. The van der Waals surface area contributed by atoms with Crippen molar-refractivity contribution in [2.45, 2.75) is 40.0 Å².